The number of carbonyl (C=O) groups is 1. The number of rotatable bonds is 5. The Kier molecular flexibility index (Phi) is 4.54. The third kappa shape index (κ3) is 2.69. The zero-order valence-electron chi connectivity index (χ0n) is 10.1. The zero-order chi connectivity index (χ0) is 11.4. The summed E-state index contributed by atoms with van der Waals surface area (Å²) < 4.78 is 0. The summed E-state index contributed by atoms with van der Waals surface area (Å²) in [6.07, 6.45) is 0. The van der Waals surface area contributed by atoms with Gasteiger partial charge in [0.1, 0.15) is 0 Å². The Hall–Kier alpha value is -0.610. The highest BCUT2D eigenvalue weighted by molar-refractivity contribution is 5.81. The van der Waals surface area contributed by atoms with Crippen molar-refractivity contribution in [1.29, 1.82) is 0 Å². The Labute approximate surface area is 92.4 Å². The van der Waals surface area contributed by atoms with Gasteiger partial charge in [0, 0.05) is 26.2 Å². The molecule has 4 nitrogen and oxygen atoms in total. The first-order valence-electron chi connectivity index (χ1n) is 5.86. The molecule has 0 aromatic rings. The molecule has 1 fully saturated rings. The standard InChI is InChI=1S/C11H23N3O/c1-4-13(5-2)11(15)9(3)14-7-10(6-12)8-14/h9-10H,4-8,12H2,1-3H3. The van der Waals surface area contributed by atoms with Crippen LogP contribution in [0.1, 0.15) is 20.8 Å². The van der Waals surface area contributed by atoms with Crippen molar-refractivity contribution >= 4 is 5.91 Å². The number of hydrogen-bond donors (Lipinski definition) is 1. The molecule has 1 amide bonds. The van der Waals surface area contributed by atoms with Crippen LogP contribution in [0.15, 0.2) is 0 Å². The van der Waals surface area contributed by atoms with Gasteiger partial charge in [0.15, 0.2) is 0 Å². The van der Waals surface area contributed by atoms with Crippen LogP contribution in [0.2, 0.25) is 0 Å². The van der Waals surface area contributed by atoms with Gasteiger partial charge in [-0.3, -0.25) is 9.69 Å². The molecule has 1 rings (SSSR count). The van der Waals surface area contributed by atoms with Crippen molar-refractivity contribution in [3.63, 3.8) is 0 Å². The zero-order valence-corrected chi connectivity index (χ0v) is 10.1. The van der Waals surface area contributed by atoms with Gasteiger partial charge >= 0.3 is 0 Å². The third-order valence-corrected chi connectivity index (χ3v) is 3.30. The van der Waals surface area contributed by atoms with Crippen molar-refractivity contribution in [3.8, 4) is 0 Å². The van der Waals surface area contributed by atoms with Gasteiger partial charge in [0.2, 0.25) is 5.91 Å². The first-order chi connectivity index (χ1) is 7.13. The summed E-state index contributed by atoms with van der Waals surface area (Å²) in [4.78, 5) is 16.1. The largest absolute Gasteiger partial charge is 0.342 e. The third-order valence-electron chi connectivity index (χ3n) is 3.30. The summed E-state index contributed by atoms with van der Waals surface area (Å²) in [5, 5.41) is 0. The summed E-state index contributed by atoms with van der Waals surface area (Å²) in [7, 11) is 0. The van der Waals surface area contributed by atoms with Crippen molar-refractivity contribution in [2.24, 2.45) is 11.7 Å². The molecule has 0 radical (unpaired) electrons. The number of hydrogen-bond acceptors (Lipinski definition) is 3. The van der Waals surface area contributed by atoms with E-state index in [-0.39, 0.29) is 11.9 Å². The molecular formula is C11H23N3O. The fourth-order valence-electron chi connectivity index (χ4n) is 2.03. The smallest absolute Gasteiger partial charge is 0.239 e. The summed E-state index contributed by atoms with van der Waals surface area (Å²) >= 11 is 0. The fourth-order valence-corrected chi connectivity index (χ4v) is 2.03. The Balaban J connectivity index is 2.40. The Morgan fingerprint density at radius 1 is 1.47 bits per heavy atom. The first kappa shape index (κ1) is 12.5. The highest BCUT2D eigenvalue weighted by Gasteiger charge is 2.33. The van der Waals surface area contributed by atoms with Crippen LogP contribution in [0.3, 0.4) is 0 Å². The van der Waals surface area contributed by atoms with Crippen LogP contribution in [0.25, 0.3) is 0 Å². The second-order valence-corrected chi connectivity index (χ2v) is 4.24. The quantitative estimate of drug-likeness (QED) is 0.706. The van der Waals surface area contributed by atoms with Crippen molar-refractivity contribution < 1.29 is 4.79 Å². The lowest BCUT2D eigenvalue weighted by molar-refractivity contribution is -0.138. The molecule has 0 spiro atoms. The number of nitrogens with two attached hydrogens (primary N) is 1. The maximum absolute atomic E-state index is 12.0. The SMILES string of the molecule is CCN(CC)C(=O)C(C)N1CC(CN)C1. The Morgan fingerprint density at radius 2 is 2.00 bits per heavy atom. The van der Waals surface area contributed by atoms with Crippen molar-refractivity contribution in [1.82, 2.24) is 9.80 Å². The predicted octanol–water partition coefficient (Wildman–Crippen LogP) is 0.134. The van der Waals surface area contributed by atoms with Gasteiger partial charge in [-0.05, 0) is 33.2 Å². The average Bonchev–Trinajstić information content (AvgIpc) is 2.17. The molecule has 0 aromatic carbocycles. The summed E-state index contributed by atoms with van der Waals surface area (Å²) in [6, 6.07) is 0.0210. The van der Waals surface area contributed by atoms with Gasteiger partial charge in [-0.1, -0.05) is 0 Å². The van der Waals surface area contributed by atoms with Crippen LogP contribution < -0.4 is 5.73 Å². The molecule has 1 heterocycles. The number of likely N-dealkylation sites (N-methyl/N-ethyl adjacent to an activating group) is 1. The molecule has 0 aliphatic carbocycles. The first-order valence-corrected chi connectivity index (χ1v) is 5.86. The molecule has 4 heteroatoms. The van der Waals surface area contributed by atoms with E-state index in [1.165, 1.54) is 0 Å². The molecule has 1 aliphatic heterocycles. The molecule has 1 unspecified atom stereocenters. The van der Waals surface area contributed by atoms with Crippen LogP contribution in [0.5, 0.6) is 0 Å². The maximum atomic E-state index is 12.0. The molecule has 1 saturated heterocycles. The normalized spacial score (nSPS) is 19.7. The topological polar surface area (TPSA) is 49.6 Å². The van der Waals surface area contributed by atoms with Crippen LogP contribution >= 0.6 is 0 Å². The fraction of sp³-hybridized carbons (Fsp3) is 0.909. The molecule has 0 aromatic heterocycles. The minimum atomic E-state index is 0.0210. The molecule has 2 N–H and O–H groups in total. The second-order valence-electron chi connectivity index (χ2n) is 4.24. The highest BCUT2D eigenvalue weighted by atomic mass is 16.2. The van der Waals surface area contributed by atoms with Crippen LogP contribution in [-0.4, -0.2) is 54.5 Å². The Bertz CT molecular complexity index is 210. The predicted molar refractivity (Wildman–Crippen MR) is 61.5 cm³/mol. The lowest BCUT2D eigenvalue weighted by Gasteiger charge is -2.43. The van der Waals surface area contributed by atoms with E-state index in [0.717, 1.165) is 32.7 Å². The molecule has 1 aliphatic rings. The van der Waals surface area contributed by atoms with Crippen molar-refractivity contribution in [2.75, 3.05) is 32.7 Å². The molecule has 15 heavy (non-hydrogen) atoms. The van der Waals surface area contributed by atoms with Crippen LogP contribution in [0.4, 0.5) is 0 Å². The van der Waals surface area contributed by atoms with Gasteiger partial charge in [0.05, 0.1) is 6.04 Å². The number of amides is 1. The Morgan fingerprint density at radius 3 is 2.40 bits per heavy atom. The van der Waals surface area contributed by atoms with E-state index < -0.39 is 0 Å². The maximum Gasteiger partial charge on any atom is 0.239 e. The highest BCUT2D eigenvalue weighted by Crippen LogP contribution is 2.18. The van der Waals surface area contributed by atoms with Gasteiger partial charge < -0.3 is 10.6 Å². The lowest BCUT2D eigenvalue weighted by Crippen LogP contribution is -2.58. The van der Waals surface area contributed by atoms with Gasteiger partial charge in [-0.25, -0.2) is 0 Å². The summed E-state index contributed by atoms with van der Waals surface area (Å²) in [6.45, 7) is 10.3. The van der Waals surface area contributed by atoms with E-state index in [1.54, 1.807) is 0 Å². The second kappa shape index (κ2) is 5.47. The number of nitrogens with zero attached hydrogens (tertiary/aromatic N) is 2. The van der Waals surface area contributed by atoms with E-state index in [2.05, 4.69) is 4.90 Å². The molecular weight excluding hydrogens is 190 g/mol. The summed E-state index contributed by atoms with van der Waals surface area (Å²) in [5.41, 5.74) is 5.56. The van der Waals surface area contributed by atoms with Crippen molar-refractivity contribution in [3.05, 3.63) is 0 Å². The monoisotopic (exact) mass is 213 g/mol. The summed E-state index contributed by atoms with van der Waals surface area (Å²) in [5.74, 6) is 0.840. The molecule has 0 saturated carbocycles. The molecule has 88 valence electrons. The lowest BCUT2D eigenvalue weighted by atomic mass is 9.98. The van der Waals surface area contributed by atoms with Gasteiger partial charge in [-0.2, -0.15) is 0 Å². The molecule has 0 bridgehead atoms. The van der Waals surface area contributed by atoms with Gasteiger partial charge in [-0.15, -0.1) is 0 Å². The van der Waals surface area contributed by atoms with Gasteiger partial charge in [0.25, 0.3) is 0 Å². The molecule has 1 atom stereocenters. The average molecular weight is 213 g/mol. The minimum Gasteiger partial charge on any atom is -0.342 e. The van der Waals surface area contributed by atoms with E-state index in [0.29, 0.717) is 5.92 Å². The minimum absolute atomic E-state index is 0.0210. The number of carbonyl (C=O) groups excluding carboxylic acids is 1. The van der Waals surface area contributed by atoms with Crippen molar-refractivity contribution in [2.45, 2.75) is 26.8 Å². The van der Waals surface area contributed by atoms with E-state index >= 15 is 0 Å². The number of likely N-dealkylation sites (tertiary alicyclic amines) is 1. The van der Waals surface area contributed by atoms with E-state index in [4.69, 9.17) is 5.73 Å². The van der Waals surface area contributed by atoms with E-state index in [1.807, 2.05) is 25.7 Å². The van der Waals surface area contributed by atoms with Crippen LogP contribution in [0, 0.1) is 5.92 Å². The van der Waals surface area contributed by atoms with E-state index in [9.17, 15) is 4.79 Å². The van der Waals surface area contributed by atoms with Crippen LogP contribution in [-0.2, 0) is 4.79 Å².